The van der Waals surface area contributed by atoms with Crippen molar-refractivity contribution in [1.29, 1.82) is 0 Å². The number of hydrogen-bond donors (Lipinski definition) is 2. The number of carbonyl (C=O) groups excluding carboxylic acids is 1. The van der Waals surface area contributed by atoms with Gasteiger partial charge in [-0.1, -0.05) is 0 Å². The van der Waals surface area contributed by atoms with Crippen molar-refractivity contribution in [3.63, 3.8) is 0 Å². The number of nitro groups is 1. The Labute approximate surface area is 101 Å². The maximum atomic E-state index is 12.1. The van der Waals surface area contributed by atoms with Gasteiger partial charge in [-0.05, 0) is 12.1 Å². The number of benzene rings is 1. The first-order valence-electron chi connectivity index (χ1n) is 4.98. The summed E-state index contributed by atoms with van der Waals surface area (Å²) in [6.07, 6.45) is -2.65. The van der Waals surface area contributed by atoms with E-state index < -0.39 is 23.8 Å². The summed E-state index contributed by atoms with van der Waals surface area (Å²) >= 11 is 0. The molecule has 0 aliphatic heterocycles. The molecule has 0 saturated carbocycles. The Kier molecular flexibility index (Phi) is 4.52. The Morgan fingerprint density at radius 1 is 1.50 bits per heavy atom. The fourth-order valence-corrected chi connectivity index (χ4v) is 1.31. The van der Waals surface area contributed by atoms with Crippen LogP contribution in [0, 0.1) is 10.1 Å². The first-order valence-corrected chi connectivity index (χ1v) is 4.98. The Hall–Kier alpha value is -2.25. The van der Waals surface area contributed by atoms with Crippen LogP contribution in [0.3, 0.4) is 0 Å². The monoisotopic (exact) mass is 259 g/mol. The summed E-state index contributed by atoms with van der Waals surface area (Å²) in [6, 6.07) is 3.52. The summed E-state index contributed by atoms with van der Waals surface area (Å²) in [5.74, 6) is -0.454. The molecule has 0 bridgehead atoms. The standard InChI is InChI=1S/C10H11F2N3O3/c1-13-10(16)6-2-3-8(15(17)18)7(4-6)14-5-9(11)12/h2-4,9,14H,5H2,1H3,(H,13,16). The van der Waals surface area contributed by atoms with Gasteiger partial charge < -0.3 is 10.6 Å². The highest BCUT2D eigenvalue weighted by molar-refractivity contribution is 5.95. The van der Waals surface area contributed by atoms with Gasteiger partial charge in [0.15, 0.2) is 0 Å². The molecule has 1 amide bonds. The molecule has 0 aliphatic carbocycles. The lowest BCUT2D eigenvalue weighted by molar-refractivity contribution is -0.384. The molecule has 0 spiro atoms. The van der Waals surface area contributed by atoms with E-state index in [0.29, 0.717) is 0 Å². The van der Waals surface area contributed by atoms with E-state index in [9.17, 15) is 23.7 Å². The molecule has 0 unspecified atom stereocenters. The number of carbonyl (C=O) groups is 1. The molecule has 98 valence electrons. The van der Waals surface area contributed by atoms with Gasteiger partial charge in [0.05, 0.1) is 11.5 Å². The summed E-state index contributed by atoms with van der Waals surface area (Å²) in [5.41, 5.74) is -0.315. The molecule has 0 aromatic heterocycles. The number of alkyl halides is 2. The van der Waals surface area contributed by atoms with Crippen LogP contribution in [0.15, 0.2) is 18.2 Å². The third-order valence-electron chi connectivity index (χ3n) is 2.13. The molecule has 6 nitrogen and oxygen atoms in total. The van der Waals surface area contributed by atoms with Crippen molar-refractivity contribution in [2.45, 2.75) is 6.43 Å². The van der Waals surface area contributed by atoms with Crippen molar-refractivity contribution >= 4 is 17.3 Å². The Morgan fingerprint density at radius 2 is 2.17 bits per heavy atom. The van der Waals surface area contributed by atoms with Gasteiger partial charge in [0.2, 0.25) is 0 Å². The lowest BCUT2D eigenvalue weighted by Crippen LogP contribution is -2.18. The van der Waals surface area contributed by atoms with Crippen LogP contribution >= 0.6 is 0 Å². The average molecular weight is 259 g/mol. The lowest BCUT2D eigenvalue weighted by Gasteiger charge is -2.08. The molecule has 1 aromatic carbocycles. The Morgan fingerprint density at radius 3 is 2.67 bits per heavy atom. The fraction of sp³-hybridized carbons (Fsp3) is 0.300. The van der Waals surface area contributed by atoms with Crippen molar-refractivity contribution in [1.82, 2.24) is 5.32 Å². The average Bonchev–Trinajstić information content (AvgIpc) is 2.34. The van der Waals surface area contributed by atoms with Crippen molar-refractivity contribution in [2.24, 2.45) is 0 Å². The Bertz CT molecular complexity index is 466. The zero-order chi connectivity index (χ0) is 13.7. The van der Waals surface area contributed by atoms with Crippen LogP contribution in [0.4, 0.5) is 20.2 Å². The van der Waals surface area contributed by atoms with Gasteiger partial charge in [0, 0.05) is 18.7 Å². The van der Waals surface area contributed by atoms with Crippen LogP contribution < -0.4 is 10.6 Å². The topological polar surface area (TPSA) is 84.3 Å². The number of halogens is 2. The zero-order valence-electron chi connectivity index (χ0n) is 9.44. The van der Waals surface area contributed by atoms with Gasteiger partial charge in [-0.15, -0.1) is 0 Å². The number of rotatable bonds is 5. The fourth-order valence-electron chi connectivity index (χ4n) is 1.31. The molecule has 0 radical (unpaired) electrons. The molecule has 1 aromatic rings. The van der Waals surface area contributed by atoms with Crippen LogP contribution in [0.25, 0.3) is 0 Å². The third kappa shape index (κ3) is 3.37. The Balaban J connectivity index is 3.07. The van der Waals surface area contributed by atoms with Crippen LogP contribution in [0.5, 0.6) is 0 Å². The summed E-state index contributed by atoms with van der Waals surface area (Å²) < 4.78 is 24.1. The minimum absolute atomic E-state index is 0.110. The number of nitrogens with one attached hydrogen (secondary N) is 2. The second-order valence-electron chi connectivity index (χ2n) is 3.34. The molecular weight excluding hydrogens is 248 g/mol. The molecule has 0 fully saturated rings. The molecule has 1 rings (SSSR count). The van der Waals surface area contributed by atoms with Gasteiger partial charge in [-0.25, -0.2) is 8.78 Å². The van der Waals surface area contributed by atoms with E-state index in [-0.39, 0.29) is 16.9 Å². The van der Waals surface area contributed by atoms with Crippen molar-refractivity contribution in [2.75, 3.05) is 18.9 Å². The maximum Gasteiger partial charge on any atom is 0.292 e. The molecule has 18 heavy (non-hydrogen) atoms. The van der Waals surface area contributed by atoms with E-state index >= 15 is 0 Å². The van der Waals surface area contributed by atoms with Crippen LogP contribution in [0.1, 0.15) is 10.4 Å². The minimum atomic E-state index is -2.65. The first kappa shape index (κ1) is 13.8. The van der Waals surface area contributed by atoms with Gasteiger partial charge in [0.1, 0.15) is 5.69 Å². The minimum Gasteiger partial charge on any atom is -0.374 e. The number of hydrogen-bond acceptors (Lipinski definition) is 4. The van der Waals surface area contributed by atoms with E-state index in [1.807, 2.05) is 0 Å². The normalized spacial score (nSPS) is 10.2. The summed E-state index contributed by atoms with van der Waals surface area (Å²) in [7, 11) is 1.40. The van der Waals surface area contributed by atoms with Crippen LogP contribution in [-0.4, -0.2) is 30.8 Å². The predicted molar refractivity (Wildman–Crippen MR) is 61.0 cm³/mol. The summed E-state index contributed by atoms with van der Waals surface area (Å²) in [4.78, 5) is 21.3. The quantitative estimate of drug-likeness (QED) is 0.621. The second kappa shape index (κ2) is 5.89. The molecule has 0 saturated heterocycles. The van der Waals surface area contributed by atoms with Crippen molar-refractivity contribution in [3.8, 4) is 0 Å². The third-order valence-corrected chi connectivity index (χ3v) is 2.13. The van der Waals surface area contributed by atoms with E-state index in [2.05, 4.69) is 10.6 Å². The van der Waals surface area contributed by atoms with Gasteiger partial charge >= 0.3 is 0 Å². The van der Waals surface area contributed by atoms with E-state index in [1.165, 1.54) is 19.2 Å². The second-order valence-corrected chi connectivity index (χ2v) is 3.34. The number of nitro benzene ring substituents is 1. The van der Waals surface area contributed by atoms with Crippen LogP contribution in [0.2, 0.25) is 0 Å². The smallest absolute Gasteiger partial charge is 0.292 e. The van der Waals surface area contributed by atoms with E-state index in [4.69, 9.17) is 0 Å². The molecule has 0 atom stereocenters. The number of anilines is 1. The van der Waals surface area contributed by atoms with E-state index in [0.717, 1.165) is 6.07 Å². The number of nitrogens with zero attached hydrogens (tertiary/aromatic N) is 1. The van der Waals surface area contributed by atoms with Crippen molar-refractivity contribution < 1.29 is 18.5 Å². The van der Waals surface area contributed by atoms with Gasteiger partial charge in [0.25, 0.3) is 18.0 Å². The molecule has 0 heterocycles. The maximum absolute atomic E-state index is 12.1. The zero-order valence-corrected chi connectivity index (χ0v) is 9.44. The first-order chi connectivity index (χ1) is 8.45. The highest BCUT2D eigenvalue weighted by atomic mass is 19.3. The van der Waals surface area contributed by atoms with Gasteiger partial charge in [-0.3, -0.25) is 14.9 Å². The highest BCUT2D eigenvalue weighted by Crippen LogP contribution is 2.25. The SMILES string of the molecule is CNC(=O)c1ccc([N+](=O)[O-])c(NCC(F)F)c1. The summed E-state index contributed by atoms with van der Waals surface area (Å²) in [5, 5.41) is 15.3. The van der Waals surface area contributed by atoms with E-state index in [1.54, 1.807) is 0 Å². The largest absolute Gasteiger partial charge is 0.374 e. The number of amides is 1. The van der Waals surface area contributed by atoms with Crippen LogP contribution in [-0.2, 0) is 0 Å². The molecule has 8 heteroatoms. The molecular formula is C10H11F2N3O3. The molecule has 2 N–H and O–H groups in total. The highest BCUT2D eigenvalue weighted by Gasteiger charge is 2.17. The van der Waals surface area contributed by atoms with Gasteiger partial charge in [-0.2, -0.15) is 0 Å². The lowest BCUT2D eigenvalue weighted by atomic mass is 10.1. The predicted octanol–water partition coefficient (Wildman–Crippen LogP) is 1.63. The summed E-state index contributed by atoms with van der Waals surface area (Å²) in [6.45, 7) is -0.724. The van der Waals surface area contributed by atoms with Crippen molar-refractivity contribution in [3.05, 3.63) is 33.9 Å². The molecule has 0 aliphatic rings.